The molecule has 0 unspecified atom stereocenters. The summed E-state index contributed by atoms with van der Waals surface area (Å²) in [5.41, 5.74) is 0. The minimum Gasteiger partial charge on any atom is -0.512 e. The van der Waals surface area contributed by atoms with E-state index >= 15 is 0 Å². The van der Waals surface area contributed by atoms with E-state index in [4.69, 9.17) is 10.2 Å². The second-order valence-electron chi connectivity index (χ2n) is 2.51. The average Bonchev–Trinajstić information content (AvgIpc) is 1.97. The SMILES string of the molecule is CC(O)=CC(=O)NCCCCO. The minimum absolute atomic E-state index is 0.00495. The van der Waals surface area contributed by atoms with E-state index in [1.807, 2.05) is 0 Å². The Kier molecular flexibility index (Phi) is 6.09. The molecule has 0 heterocycles. The molecule has 0 bridgehead atoms. The van der Waals surface area contributed by atoms with E-state index in [2.05, 4.69) is 5.32 Å². The van der Waals surface area contributed by atoms with Crippen LogP contribution >= 0.6 is 0 Å². The molecule has 4 nitrogen and oxygen atoms in total. The van der Waals surface area contributed by atoms with E-state index in [-0.39, 0.29) is 18.3 Å². The zero-order valence-electron chi connectivity index (χ0n) is 7.21. The Morgan fingerprint density at radius 1 is 1.50 bits per heavy atom. The number of rotatable bonds is 5. The van der Waals surface area contributed by atoms with Gasteiger partial charge in [-0.3, -0.25) is 4.79 Å². The zero-order chi connectivity index (χ0) is 9.40. The number of carbonyl (C=O) groups is 1. The van der Waals surface area contributed by atoms with Gasteiger partial charge in [0.05, 0.1) is 5.76 Å². The first kappa shape index (κ1) is 11.0. The van der Waals surface area contributed by atoms with Gasteiger partial charge in [-0.05, 0) is 19.8 Å². The van der Waals surface area contributed by atoms with Gasteiger partial charge in [-0.2, -0.15) is 0 Å². The molecular formula is C8H15NO3. The van der Waals surface area contributed by atoms with Crippen LogP contribution in [0.1, 0.15) is 19.8 Å². The second kappa shape index (κ2) is 6.67. The van der Waals surface area contributed by atoms with Crippen molar-refractivity contribution in [2.45, 2.75) is 19.8 Å². The predicted molar refractivity (Wildman–Crippen MR) is 45.7 cm³/mol. The summed E-state index contributed by atoms with van der Waals surface area (Å²) < 4.78 is 0. The summed E-state index contributed by atoms with van der Waals surface area (Å²) >= 11 is 0. The molecule has 0 aromatic carbocycles. The molecule has 0 aliphatic heterocycles. The van der Waals surface area contributed by atoms with Gasteiger partial charge in [-0.1, -0.05) is 0 Å². The van der Waals surface area contributed by atoms with Gasteiger partial charge >= 0.3 is 0 Å². The molecule has 0 aromatic rings. The largest absolute Gasteiger partial charge is 0.512 e. The Morgan fingerprint density at radius 2 is 2.17 bits per heavy atom. The van der Waals surface area contributed by atoms with Gasteiger partial charge in [0.1, 0.15) is 0 Å². The molecule has 0 saturated heterocycles. The first-order valence-corrected chi connectivity index (χ1v) is 3.92. The van der Waals surface area contributed by atoms with Crippen LogP contribution in [0.5, 0.6) is 0 Å². The van der Waals surface area contributed by atoms with Gasteiger partial charge in [0.15, 0.2) is 0 Å². The van der Waals surface area contributed by atoms with Gasteiger partial charge < -0.3 is 15.5 Å². The Morgan fingerprint density at radius 3 is 2.67 bits per heavy atom. The van der Waals surface area contributed by atoms with Crippen molar-refractivity contribution in [3.8, 4) is 0 Å². The lowest BCUT2D eigenvalue weighted by Crippen LogP contribution is -2.22. The van der Waals surface area contributed by atoms with Crippen LogP contribution in [-0.2, 0) is 4.79 Å². The number of carbonyl (C=O) groups excluding carboxylic acids is 1. The number of aliphatic hydroxyl groups excluding tert-OH is 2. The van der Waals surface area contributed by atoms with E-state index in [0.29, 0.717) is 13.0 Å². The monoisotopic (exact) mass is 173 g/mol. The molecule has 70 valence electrons. The van der Waals surface area contributed by atoms with Crippen LogP contribution in [-0.4, -0.2) is 29.3 Å². The lowest BCUT2D eigenvalue weighted by Gasteiger charge is -1.99. The number of allylic oxidation sites excluding steroid dienone is 1. The Balaban J connectivity index is 3.39. The summed E-state index contributed by atoms with van der Waals surface area (Å²) in [6, 6.07) is 0. The average molecular weight is 173 g/mol. The summed E-state index contributed by atoms with van der Waals surface area (Å²) in [5, 5.41) is 19.7. The van der Waals surface area contributed by atoms with Crippen LogP contribution in [0.25, 0.3) is 0 Å². The first-order chi connectivity index (χ1) is 5.66. The van der Waals surface area contributed by atoms with Crippen LogP contribution < -0.4 is 5.32 Å². The van der Waals surface area contributed by atoms with Crippen molar-refractivity contribution in [1.29, 1.82) is 0 Å². The molecule has 0 fully saturated rings. The topological polar surface area (TPSA) is 69.6 Å². The lowest BCUT2D eigenvalue weighted by atomic mass is 10.3. The zero-order valence-corrected chi connectivity index (χ0v) is 7.21. The molecule has 12 heavy (non-hydrogen) atoms. The Hall–Kier alpha value is -1.03. The number of hydrogen-bond donors (Lipinski definition) is 3. The summed E-state index contributed by atoms with van der Waals surface area (Å²) in [4.78, 5) is 10.8. The third-order valence-corrected chi connectivity index (χ3v) is 1.22. The quantitative estimate of drug-likeness (QED) is 0.319. The van der Waals surface area contributed by atoms with Gasteiger partial charge in [-0.25, -0.2) is 0 Å². The summed E-state index contributed by atoms with van der Waals surface area (Å²) in [7, 11) is 0. The number of aliphatic hydroxyl groups is 2. The maximum atomic E-state index is 10.8. The van der Waals surface area contributed by atoms with Gasteiger partial charge in [0.25, 0.3) is 0 Å². The highest BCUT2D eigenvalue weighted by Gasteiger charge is 1.95. The van der Waals surface area contributed by atoms with Gasteiger partial charge in [0.2, 0.25) is 5.91 Å². The van der Waals surface area contributed by atoms with Crippen molar-refractivity contribution in [2.24, 2.45) is 0 Å². The highest BCUT2D eigenvalue weighted by Crippen LogP contribution is 1.86. The van der Waals surface area contributed by atoms with E-state index in [0.717, 1.165) is 12.5 Å². The molecular weight excluding hydrogens is 158 g/mol. The number of nitrogens with one attached hydrogen (secondary N) is 1. The number of hydrogen-bond acceptors (Lipinski definition) is 3. The molecule has 0 aliphatic rings. The van der Waals surface area contributed by atoms with Crippen LogP contribution in [0, 0.1) is 0 Å². The van der Waals surface area contributed by atoms with Gasteiger partial charge in [-0.15, -0.1) is 0 Å². The molecule has 0 atom stereocenters. The highest BCUT2D eigenvalue weighted by atomic mass is 16.3. The predicted octanol–water partition coefficient (Wildman–Crippen LogP) is 0.337. The summed E-state index contributed by atoms with van der Waals surface area (Å²) in [5.74, 6) is -0.303. The van der Waals surface area contributed by atoms with E-state index in [9.17, 15) is 4.79 Å². The lowest BCUT2D eigenvalue weighted by molar-refractivity contribution is -0.116. The van der Waals surface area contributed by atoms with Crippen molar-refractivity contribution in [3.63, 3.8) is 0 Å². The highest BCUT2D eigenvalue weighted by molar-refractivity contribution is 5.87. The van der Waals surface area contributed by atoms with Crippen molar-refractivity contribution in [2.75, 3.05) is 13.2 Å². The third kappa shape index (κ3) is 7.08. The Bertz CT molecular complexity index is 162. The molecule has 0 aliphatic carbocycles. The molecule has 0 rings (SSSR count). The number of amides is 1. The number of unbranched alkanes of at least 4 members (excludes halogenated alkanes) is 1. The molecule has 3 N–H and O–H groups in total. The first-order valence-electron chi connectivity index (χ1n) is 3.92. The maximum Gasteiger partial charge on any atom is 0.247 e. The smallest absolute Gasteiger partial charge is 0.247 e. The fraction of sp³-hybridized carbons (Fsp3) is 0.625. The van der Waals surface area contributed by atoms with Gasteiger partial charge in [0, 0.05) is 19.2 Å². The third-order valence-electron chi connectivity index (χ3n) is 1.22. The molecule has 1 amide bonds. The fourth-order valence-corrected chi connectivity index (χ4v) is 0.689. The summed E-state index contributed by atoms with van der Waals surface area (Å²) in [6.07, 6.45) is 2.56. The fourth-order valence-electron chi connectivity index (χ4n) is 0.689. The van der Waals surface area contributed by atoms with Crippen LogP contribution in [0.2, 0.25) is 0 Å². The maximum absolute atomic E-state index is 10.8. The second-order valence-corrected chi connectivity index (χ2v) is 2.51. The van der Waals surface area contributed by atoms with Crippen LogP contribution in [0.3, 0.4) is 0 Å². The standard InChI is InChI=1S/C8H15NO3/c1-7(11)6-8(12)9-4-2-3-5-10/h6,10-11H,2-5H2,1H3,(H,9,12). The van der Waals surface area contributed by atoms with Crippen molar-refractivity contribution < 1.29 is 15.0 Å². The van der Waals surface area contributed by atoms with E-state index in [1.54, 1.807) is 0 Å². The van der Waals surface area contributed by atoms with E-state index < -0.39 is 0 Å². The molecule has 4 heteroatoms. The Labute approximate surface area is 71.9 Å². The molecule has 0 radical (unpaired) electrons. The van der Waals surface area contributed by atoms with Crippen molar-refractivity contribution >= 4 is 5.91 Å². The normalized spacial score (nSPS) is 11.3. The molecule has 0 aromatic heterocycles. The van der Waals surface area contributed by atoms with Crippen molar-refractivity contribution in [3.05, 3.63) is 11.8 Å². The van der Waals surface area contributed by atoms with E-state index in [1.165, 1.54) is 6.92 Å². The summed E-state index contributed by atoms with van der Waals surface area (Å²) in [6.45, 7) is 2.11. The minimum atomic E-state index is -0.298. The molecule has 0 saturated carbocycles. The molecule has 0 spiro atoms. The van der Waals surface area contributed by atoms with Crippen molar-refractivity contribution in [1.82, 2.24) is 5.32 Å². The van der Waals surface area contributed by atoms with Crippen LogP contribution in [0.4, 0.5) is 0 Å². The van der Waals surface area contributed by atoms with Crippen LogP contribution in [0.15, 0.2) is 11.8 Å².